The molecule has 2 N–H and O–H groups in total. The van der Waals surface area contributed by atoms with Crippen LogP contribution in [0.4, 0.5) is 0 Å². The van der Waals surface area contributed by atoms with E-state index in [1.807, 2.05) is 33.3 Å². The number of hydrogen-bond acceptors (Lipinski definition) is 6. The molecule has 79 heavy (non-hydrogen) atoms. The van der Waals surface area contributed by atoms with Crippen molar-refractivity contribution in [3.8, 4) is 0 Å². The molecule has 0 aliphatic rings. The fourth-order valence-electron chi connectivity index (χ4n) is 10.3. The smallest absolute Gasteiger partial charge is 0.456 e. The van der Waals surface area contributed by atoms with Crippen LogP contribution >= 0.6 is 7.82 Å². The summed E-state index contributed by atoms with van der Waals surface area (Å²) in [6.45, 7) is 7.04. The minimum absolute atomic E-state index is 0.0423. The number of nitrogens with zero attached hydrogens (tertiary/aromatic N) is 1. The average molecular weight is 1130 g/mol. The van der Waals surface area contributed by atoms with Crippen molar-refractivity contribution in [3.63, 3.8) is 0 Å². The Hall–Kier alpha value is -1.77. The summed E-state index contributed by atoms with van der Waals surface area (Å²) in [5.41, 5.74) is 0. The minimum atomic E-state index is -4.45. The SMILES string of the molecule is CCCCC/C=C\C/C=C\CCCCCCCCCCCC(=O)OC(/C=C/CCCCCCCCCCCCC)C(COP(=O)(O)OCC[N+](C)(C)C)NC(=O)CCCCCCCCCCCCCCCCCCCCCCC. The number of carbonyl (C=O) groups excluding carboxylic acids is 2. The molecule has 0 aromatic rings. The van der Waals surface area contributed by atoms with Gasteiger partial charge in [0.15, 0.2) is 0 Å². The molecule has 0 aromatic heterocycles. The normalized spacial score (nSPS) is 13.8. The Morgan fingerprint density at radius 3 is 1.16 bits per heavy atom. The molecule has 0 spiro atoms. The summed E-state index contributed by atoms with van der Waals surface area (Å²) in [5, 5.41) is 3.07. The Labute approximate surface area is 491 Å². The van der Waals surface area contributed by atoms with Crippen LogP contribution in [0.15, 0.2) is 36.5 Å². The van der Waals surface area contributed by atoms with Gasteiger partial charge in [0.2, 0.25) is 5.91 Å². The molecule has 0 heterocycles. The molecule has 0 saturated heterocycles. The number of amides is 1. The quantitative estimate of drug-likeness (QED) is 0.0205. The number of allylic oxidation sites excluding steroid dienone is 5. The lowest BCUT2D eigenvalue weighted by molar-refractivity contribution is -0.870. The molecule has 0 bridgehead atoms. The van der Waals surface area contributed by atoms with Crippen molar-refractivity contribution < 1.29 is 37.3 Å². The molecule has 0 aromatic carbocycles. The highest BCUT2D eigenvalue weighted by Gasteiger charge is 2.30. The number of phosphoric acid groups is 1. The van der Waals surface area contributed by atoms with E-state index >= 15 is 0 Å². The summed E-state index contributed by atoms with van der Waals surface area (Å²) in [5.74, 6) is -0.491. The Kier molecular flexibility index (Phi) is 58.1. The lowest BCUT2D eigenvalue weighted by atomic mass is 10.0. The number of nitrogens with one attached hydrogen (secondary N) is 1. The van der Waals surface area contributed by atoms with E-state index in [9.17, 15) is 19.0 Å². The number of esters is 1. The number of unbranched alkanes of at least 4 members (excludes halogenated alkanes) is 43. The predicted molar refractivity (Wildman–Crippen MR) is 342 cm³/mol. The molecule has 0 radical (unpaired) electrons. The lowest BCUT2D eigenvalue weighted by Gasteiger charge is -2.27. The van der Waals surface area contributed by atoms with Gasteiger partial charge in [-0.1, -0.05) is 302 Å². The second kappa shape index (κ2) is 59.4. The summed E-state index contributed by atoms with van der Waals surface area (Å²) < 4.78 is 30.8. The summed E-state index contributed by atoms with van der Waals surface area (Å²) in [4.78, 5) is 37.9. The van der Waals surface area contributed by atoms with Crippen LogP contribution in [0.2, 0.25) is 0 Å². The van der Waals surface area contributed by atoms with Crippen molar-refractivity contribution >= 4 is 19.7 Å². The largest absolute Gasteiger partial charge is 0.472 e. The Bertz CT molecular complexity index is 1450. The Morgan fingerprint density at radius 1 is 0.443 bits per heavy atom. The van der Waals surface area contributed by atoms with Crippen LogP contribution in [-0.2, 0) is 27.9 Å². The van der Waals surface area contributed by atoms with E-state index in [4.69, 9.17) is 13.8 Å². The molecule has 10 heteroatoms. The Balaban J connectivity index is 5.15. The van der Waals surface area contributed by atoms with Gasteiger partial charge < -0.3 is 19.4 Å². The highest BCUT2D eigenvalue weighted by atomic mass is 31.2. The molecule has 0 saturated carbocycles. The molecule has 1 amide bonds. The fraction of sp³-hybridized carbons (Fsp3) is 0.884. The van der Waals surface area contributed by atoms with Gasteiger partial charge in [0, 0.05) is 12.8 Å². The van der Waals surface area contributed by atoms with Crippen molar-refractivity contribution in [2.24, 2.45) is 0 Å². The molecule has 0 aliphatic carbocycles. The zero-order chi connectivity index (χ0) is 57.9. The zero-order valence-electron chi connectivity index (χ0n) is 53.4. The molecular weight excluding hydrogens is 1000 g/mol. The first-order valence-electron chi connectivity index (χ1n) is 34.3. The lowest BCUT2D eigenvalue weighted by Crippen LogP contribution is -2.47. The molecule has 3 unspecified atom stereocenters. The molecule has 0 aliphatic heterocycles. The maximum absolute atomic E-state index is 13.6. The highest BCUT2D eigenvalue weighted by molar-refractivity contribution is 7.47. The number of rotatable bonds is 63. The molecule has 3 atom stereocenters. The number of likely N-dealkylation sites (N-methyl/N-ethyl adjacent to an activating group) is 1. The second-order valence-corrected chi connectivity index (χ2v) is 26.2. The van der Waals surface area contributed by atoms with E-state index in [2.05, 4.69) is 50.4 Å². The molecule has 0 rings (SSSR count). The average Bonchev–Trinajstić information content (AvgIpc) is 3.41. The molecule has 9 nitrogen and oxygen atoms in total. The first-order valence-corrected chi connectivity index (χ1v) is 35.8. The van der Waals surface area contributed by atoms with Gasteiger partial charge in [-0.3, -0.25) is 18.6 Å². The Morgan fingerprint density at radius 2 is 0.772 bits per heavy atom. The molecular formula is C69H134N2O7P+. The maximum Gasteiger partial charge on any atom is 0.472 e. The van der Waals surface area contributed by atoms with E-state index in [-0.39, 0.29) is 25.1 Å². The van der Waals surface area contributed by atoms with Gasteiger partial charge in [0.05, 0.1) is 33.8 Å². The van der Waals surface area contributed by atoms with Gasteiger partial charge in [-0.25, -0.2) is 4.57 Å². The first kappa shape index (κ1) is 77.2. The van der Waals surface area contributed by atoms with Crippen molar-refractivity contribution in [1.82, 2.24) is 5.32 Å². The van der Waals surface area contributed by atoms with Crippen LogP contribution in [0, 0.1) is 0 Å². The van der Waals surface area contributed by atoms with E-state index < -0.39 is 20.0 Å². The molecule has 0 fully saturated rings. The van der Waals surface area contributed by atoms with Crippen LogP contribution in [0.25, 0.3) is 0 Å². The van der Waals surface area contributed by atoms with E-state index in [0.29, 0.717) is 23.9 Å². The van der Waals surface area contributed by atoms with Crippen molar-refractivity contribution in [3.05, 3.63) is 36.5 Å². The van der Waals surface area contributed by atoms with Crippen LogP contribution < -0.4 is 5.32 Å². The van der Waals surface area contributed by atoms with Crippen LogP contribution in [0.3, 0.4) is 0 Å². The van der Waals surface area contributed by atoms with Gasteiger partial charge in [-0.05, 0) is 63.9 Å². The van der Waals surface area contributed by atoms with Crippen molar-refractivity contribution in [2.45, 2.75) is 354 Å². The first-order chi connectivity index (χ1) is 38.4. The molecule has 466 valence electrons. The number of quaternary nitrogens is 1. The monoisotopic (exact) mass is 1130 g/mol. The van der Waals surface area contributed by atoms with Crippen molar-refractivity contribution in [2.75, 3.05) is 40.9 Å². The van der Waals surface area contributed by atoms with Crippen LogP contribution in [0.1, 0.15) is 342 Å². The van der Waals surface area contributed by atoms with Crippen LogP contribution in [-0.4, -0.2) is 74.3 Å². The minimum Gasteiger partial charge on any atom is -0.456 e. The summed E-state index contributed by atoms with van der Waals surface area (Å²) in [6.07, 6.45) is 72.8. The topological polar surface area (TPSA) is 111 Å². The third-order valence-electron chi connectivity index (χ3n) is 15.6. The number of carbonyl (C=O) groups is 2. The van der Waals surface area contributed by atoms with E-state index in [1.165, 1.54) is 244 Å². The zero-order valence-corrected chi connectivity index (χ0v) is 54.3. The highest BCUT2D eigenvalue weighted by Crippen LogP contribution is 2.43. The summed E-state index contributed by atoms with van der Waals surface area (Å²) >= 11 is 0. The van der Waals surface area contributed by atoms with Gasteiger partial charge in [-0.15, -0.1) is 0 Å². The van der Waals surface area contributed by atoms with Gasteiger partial charge in [0.25, 0.3) is 0 Å². The van der Waals surface area contributed by atoms with Crippen molar-refractivity contribution in [1.29, 1.82) is 0 Å². The van der Waals surface area contributed by atoms with Gasteiger partial charge >= 0.3 is 13.8 Å². The maximum atomic E-state index is 13.6. The predicted octanol–water partition coefficient (Wildman–Crippen LogP) is 21.5. The number of hydrogen-bond donors (Lipinski definition) is 2. The standard InChI is InChI=1S/C69H133N2O7P/c1-7-10-13-16-19-22-25-28-30-32-34-35-37-38-40-43-46-49-52-55-58-61-68(72)70-66(65-77-79(74,75)76-64-63-71(4,5)6)67(60-57-54-51-48-45-42-27-24-21-18-15-12-9-3)78-69(73)62-59-56-53-50-47-44-41-39-36-33-31-29-26-23-20-17-14-11-8-2/h20,23,29,31,57,60,66-67H,7-19,21-22,24-28,30,32-56,58-59,61-65H2,1-6H3,(H-,70,72,74,75)/p+1/b23-20-,31-29-,60-57+. The van der Waals surface area contributed by atoms with Gasteiger partial charge in [0.1, 0.15) is 19.3 Å². The number of phosphoric ester groups is 1. The third-order valence-corrected chi connectivity index (χ3v) is 16.6. The van der Waals surface area contributed by atoms with Gasteiger partial charge in [-0.2, -0.15) is 0 Å². The van der Waals surface area contributed by atoms with Crippen LogP contribution in [0.5, 0.6) is 0 Å². The fourth-order valence-corrected chi connectivity index (χ4v) is 11.0. The third kappa shape index (κ3) is 60.6. The summed E-state index contributed by atoms with van der Waals surface area (Å²) in [6, 6.07) is -0.847. The number of ether oxygens (including phenoxy) is 1. The second-order valence-electron chi connectivity index (χ2n) is 24.7. The summed E-state index contributed by atoms with van der Waals surface area (Å²) in [7, 11) is 1.51. The van der Waals surface area contributed by atoms with E-state index in [1.54, 1.807) is 0 Å². The van der Waals surface area contributed by atoms with E-state index in [0.717, 1.165) is 64.2 Å².